The summed E-state index contributed by atoms with van der Waals surface area (Å²) in [6, 6.07) is 4.51. The molecular formula is C12H13N3O. The maximum absolute atomic E-state index is 5.26. The van der Waals surface area contributed by atoms with E-state index in [2.05, 4.69) is 14.5 Å². The molecule has 2 aromatic heterocycles. The van der Waals surface area contributed by atoms with Crippen LogP contribution in [-0.4, -0.2) is 21.6 Å². The van der Waals surface area contributed by atoms with E-state index in [-0.39, 0.29) is 0 Å². The van der Waals surface area contributed by atoms with Gasteiger partial charge in [0.05, 0.1) is 12.7 Å². The summed E-state index contributed by atoms with van der Waals surface area (Å²) in [7, 11) is 1.64. The predicted molar refractivity (Wildman–Crippen MR) is 60.3 cm³/mol. The van der Waals surface area contributed by atoms with E-state index in [9.17, 15) is 0 Å². The minimum atomic E-state index is 0.613. The van der Waals surface area contributed by atoms with Crippen molar-refractivity contribution < 1.29 is 4.74 Å². The van der Waals surface area contributed by atoms with Crippen molar-refractivity contribution in [2.45, 2.75) is 18.9 Å². The lowest BCUT2D eigenvalue weighted by molar-refractivity contribution is 0.399. The lowest BCUT2D eigenvalue weighted by atomic mass is 10.2. The molecule has 0 N–H and O–H groups in total. The first-order chi connectivity index (χ1) is 7.90. The SMILES string of the molecule is COc1ncccc1-c1nccn1C1CC1. The van der Waals surface area contributed by atoms with Crippen molar-refractivity contribution in [1.29, 1.82) is 0 Å². The van der Waals surface area contributed by atoms with Crippen LogP contribution in [0.3, 0.4) is 0 Å². The summed E-state index contributed by atoms with van der Waals surface area (Å²) < 4.78 is 7.47. The number of ether oxygens (including phenoxy) is 1. The van der Waals surface area contributed by atoms with Crippen LogP contribution in [0.25, 0.3) is 11.4 Å². The topological polar surface area (TPSA) is 39.9 Å². The van der Waals surface area contributed by atoms with Gasteiger partial charge in [0.2, 0.25) is 5.88 Å². The van der Waals surface area contributed by atoms with Crippen LogP contribution in [0.15, 0.2) is 30.7 Å². The van der Waals surface area contributed by atoms with Crippen LogP contribution in [0.2, 0.25) is 0 Å². The summed E-state index contributed by atoms with van der Waals surface area (Å²) in [4.78, 5) is 8.60. The molecule has 0 aliphatic heterocycles. The fourth-order valence-corrected chi connectivity index (χ4v) is 1.89. The summed E-state index contributed by atoms with van der Waals surface area (Å²) in [5.74, 6) is 1.59. The van der Waals surface area contributed by atoms with Crippen molar-refractivity contribution in [2.24, 2.45) is 0 Å². The molecule has 0 radical (unpaired) electrons. The van der Waals surface area contributed by atoms with Crippen LogP contribution in [0, 0.1) is 0 Å². The Morgan fingerprint density at radius 2 is 2.19 bits per heavy atom. The molecule has 1 aliphatic rings. The van der Waals surface area contributed by atoms with Gasteiger partial charge >= 0.3 is 0 Å². The number of hydrogen-bond acceptors (Lipinski definition) is 3. The van der Waals surface area contributed by atoms with Crippen LogP contribution < -0.4 is 4.74 Å². The second kappa shape index (κ2) is 3.63. The zero-order chi connectivity index (χ0) is 11.0. The smallest absolute Gasteiger partial charge is 0.224 e. The standard InChI is InChI=1S/C12H13N3O/c1-16-12-10(3-2-6-14-12)11-13-7-8-15(11)9-4-5-9/h2-3,6-9H,4-5H2,1H3. The molecule has 0 atom stereocenters. The number of rotatable bonds is 3. The lowest BCUT2D eigenvalue weighted by Crippen LogP contribution is -1.99. The molecule has 0 bridgehead atoms. The van der Waals surface area contributed by atoms with Crippen molar-refractivity contribution in [2.75, 3.05) is 7.11 Å². The molecule has 16 heavy (non-hydrogen) atoms. The normalized spacial score (nSPS) is 15.1. The first-order valence-corrected chi connectivity index (χ1v) is 5.42. The molecule has 4 nitrogen and oxygen atoms in total. The highest BCUT2D eigenvalue weighted by Crippen LogP contribution is 2.39. The van der Waals surface area contributed by atoms with E-state index in [4.69, 9.17) is 4.74 Å². The van der Waals surface area contributed by atoms with Gasteiger partial charge < -0.3 is 9.30 Å². The molecule has 0 spiro atoms. The van der Waals surface area contributed by atoms with E-state index in [0.29, 0.717) is 11.9 Å². The van der Waals surface area contributed by atoms with Gasteiger partial charge in [-0.15, -0.1) is 0 Å². The molecular weight excluding hydrogens is 202 g/mol. The number of nitrogens with zero attached hydrogens (tertiary/aromatic N) is 3. The average Bonchev–Trinajstić information content (AvgIpc) is 3.07. The Morgan fingerprint density at radius 3 is 2.94 bits per heavy atom. The second-order valence-corrected chi connectivity index (χ2v) is 3.95. The van der Waals surface area contributed by atoms with Crippen molar-refractivity contribution in [3.05, 3.63) is 30.7 Å². The van der Waals surface area contributed by atoms with Gasteiger partial charge in [-0.05, 0) is 25.0 Å². The molecule has 3 rings (SSSR count). The highest BCUT2D eigenvalue weighted by molar-refractivity contribution is 5.62. The van der Waals surface area contributed by atoms with Crippen LogP contribution >= 0.6 is 0 Å². The molecule has 1 saturated carbocycles. The minimum Gasteiger partial charge on any atom is -0.480 e. The van der Waals surface area contributed by atoms with Gasteiger partial charge in [0.25, 0.3) is 0 Å². The monoisotopic (exact) mass is 215 g/mol. The molecule has 1 fully saturated rings. The number of methoxy groups -OCH3 is 1. The molecule has 1 aliphatic carbocycles. The first kappa shape index (κ1) is 9.39. The Balaban J connectivity index is 2.10. The van der Waals surface area contributed by atoms with Gasteiger partial charge in [0.1, 0.15) is 5.82 Å². The van der Waals surface area contributed by atoms with Gasteiger partial charge in [-0.1, -0.05) is 0 Å². The largest absolute Gasteiger partial charge is 0.480 e. The van der Waals surface area contributed by atoms with Crippen molar-refractivity contribution >= 4 is 0 Å². The number of imidazole rings is 1. The van der Waals surface area contributed by atoms with Crippen LogP contribution in [0.1, 0.15) is 18.9 Å². The van der Waals surface area contributed by atoms with E-state index in [1.165, 1.54) is 12.8 Å². The Bertz CT molecular complexity index is 502. The Hall–Kier alpha value is -1.84. The molecule has 0 saturated heterocycles. The van der Waals surface area contributed by atoms with Gasteiger partial charge in [0.15, 0.2) is 0 Å². The summed E-state index contributed by atoms with van der Waals surface area (Å²) >= 11 is 0. The second-order valence-electron chi connectivity index (χ2n) is 3.95. The molecule has 0 amide bonds. The first-order valence-electron chi connectivity index (χ1n) is 5.42. The molecule has 2 aromatic rings. The van der Waals surface area contributed by atoms with Gasteiger partial charge in [-0.3, -0.25) is 0 Å². The minimum absolute atomic E-state index is 0.613. The summed E-state index contributed by atoms with van der Waals surface area (Å²) in [6.07, 6.45) is 8.07. The van der Waals surface area contributed by atoms with E-state index >= 15 is 0 Å². The molecule has 0 unspecified atom stereocenters. The number of aromatic nitrogens is 3. The van der Waals surface area contributed by atoms with Crippen LogP contribution in [-0.2, 0) is 0 Å². The number of pyridine rings is 1. The summed E-state index contributed by atoms with van der Waals surface area (Å²) in [6.45, 7) is 0. The van der Waals surface area contributed by atoms with Crippen LogP contribution in [0.5, 0.6) is 5.88 Å². The lowest BCUT2D eigenvalue weighted by Gasteiger charge is -2.08. The Labute approximate surface area is 93.9 Å². The fraction of sp³-hybridized carbons (Fsp3) is 0.333. The van der Waals surface area contributed by atoms with Gasteiger partial charge in [0, 0.05) is 24.6 Å². The third-order valence-electron chi connectivity index (χ3n) is 2.81. The highest BCUT2D eigenvalue weighted by Gasteiger charge is 2.26. The third-order valence-corrected chi connectivity index (χ3v) is 2.81. The summed E-state index contributed by atoms with van der Waals surface area (Å²) in [5, 5.41) is 0. The molecule has 82 valence electrons. The maximum Gasteiger partial charge on any atom is 0.224 e. The zero-order valence-corrected chi connectivity index (χ0v) is 9.13. The molecule has 0 aromatic carbocycles. The fourth-order valence-electron chi connectivity index (χ4n) is 1.89. The predicted octanol–water partition coefficient (Wildman–Crippen LogP) is 2.29. The van der Waals surface area contributed by atoms with E-state index in [1.807, 2.05) is 24.5 Å². The summed E-state index contributed by atoms with van der Waals surface area (Å²) in [5.41, 5.74) is 0.960. The molecule has 4 heteroatoms. The average molecular weight is 215 g/mol. The Morgan fingerprint density at radius 1 is 1.31 bits per heavy atom. The highest BCUT2D eigenvalue weighted by atomic mass is 16.5. The third kappa shape index (κ3) is 1.46. The van der Waals surface area contributed by atoms with Crippen molar-refractivity contribution in [3.8, 4) is 17.3 Å². The van der Waals surface area contributed by atoms with Crippen molar-refractivity contribution in [3.63, 3.8) is 0 Å². The zero-order valence-electron chi connectivity index (χ0n) is 9.13. The quantitative estimate of drug-likeness (QED) is 0.788. The van der Waals surface area contributed by atoms with Gasteiger partial charge in [-0.2, -0.15) is 0 Å². The molecule has 2 heterocycles. The van der Waals surface area contributed by atoms with Gasteiger partial charge in [-0.25, -0.2) is 9.97 Å². The van der Waals surface area contributed by atoms with E-state index in [0.717, 1.165) is 11.4 Å². The maximum atomic E-state index is 5.26. The van der Waals surface area contributed by atoms with Crippen molar-refractivity contribution in [1.82, 2.24) is 14.5 Å². The Kier molecular flexibility index (Phi) is 2.13. The van der Waals surface area contributed by atoms with E-state index in [1.54, 1.807) is 13.3 Å². The van der Waals surface area contributed by atoms with E-state index < -0.39 is 0 Å². The number of hydrogen-bond donors (Lipinski definition) is 0. The van der Waals surface area contributed by atoms with Crippen LogP contribution in [0.4, 0.5) is 0 Å².